The smallest absolute Gasteiger partial charge is 0.236 e. The summed E-state index contributed by atoms with van der Waals surface area (Å²) in [6.45, 7) is 0. The van der Waals surface area contributed by atoms with Crippen molar-refractivity contribution in [1.82, 2.24) is 15.2 Å². The van der Waals surface area contributed by atoms with Crippen LogP contribution in [0.4, 0.5) is 5.82 Å². The molecule has 2 aliphatic rings. The van der Waals surface area contributed by atoms with Gasteiger partial charge in [0.25, 0.3) is 0 Å². The van der Waals surface area contributed by atoms with Gasteiger partial charge in [0.05, 0.1) is 10.9 Å². The highest BCUT2D eigenvalue weighted by Crippen LogP contribution is 2.64. The fourth-order valence-corrected chi connectivity index (χ4v) is 4.23. The molecule has 3 aromatic rings. The SMILES string of the molecule is O=C1Nc2ncccc2[C@]12CC2c1ccc2c(I)n[nH]c2c1. The van der Waals surface area contributed by atoms with Crippen LogP contribution >= 0.6 is 22.6 Å². The molecule has 2 aromatic heterocycles. The average Bonchev–Trinajstić information content (AvgIpc) is 3.10. The zero-order valence-corrected chi connectivity index (χ0v) is 13.6. The Labute approximate surface area is 139 Å². The highest BCUT2D eigenvalue weighted by Gasteiger charge is 2.65. The average molecular weight is 402 g/mol. The molecule has 0 radical (unpaired) electrons. The monoisotopic (exact) mass is 402 g/mol. The van der Waals surface area contributed by atoms with Crippen LogP contribution < -0.4 is 5.32 Å². The molecule has 108 valence electrons. The van der Waals surface area contributed by atoms with Gasteiger partial charge in [0, 0.05) is 23.1 Å². The highest BCUT2D eigenvalue weighted by atomic mass is 127. The number of aromatic amines is 1. The van der Waals surface area contributed by atoms with E-state index in [0.29, 0.717) is 5.82 Å². The second-order valence-corrected chi connectivity index (χ2v) is 6.92. The molecule has 0 bridgehead atoms. The zero-order chi connectivity index (χ0) is 14.9. The Morgan fingerprint density at radius 1 is 1.32 bits per heavy atom. The first kappa shape index (κ1) is 12.6. The van der Waals surface area contributed by atoms with E-state index in [9.17, 15) is 4.79 Å². The minimum atomic E-state index is -0.426. The number of rotatable bonds is 1. The maximum atomic E-state index is 12.5. The van der Waals surface area contributed by atoms with Crippen LogP contribution in [0, 0.1) is 3.70 Å². The van der Waals surface area contributed by atoms with Crippen molar-refractivity contribution in [1.29, 1.82) is 0 Å². The summed E-state index contributed by atoms with van der Waals surface area (Å²) >= 11 is 2.22. The van der Waals surface area contributed by atoms with Gasteiger partial charge in [-0.25, -0.2) is 4.98 Å². The van der Waals surface area contributed by atoms with E-state index < -0.39 is 5.41 Å². The van der Waals surface area contributed by atoms with Crippen molar-refractivity contribution in [3.05, 3.63) is 51.4 Å². The quantitative estimate of drug-likeness (QED) is 0.615. The van der Waals surface area contributed by atoms with Gasteiger partial charge in [0.2, 0.25) is 5.91 Å². The van der Waals surface area contributed by atoms with E-state index in [0.717, 1.165) is 26.6 Å². The summed E-state index contributed by atoms with van der Waals surface area (Å²) in [5, 5.41) is 11.3. The molecule has 1 amide bonds. The van der Waals surface area contributed by atoms with Crippen molar-refractivity contribution in [3.8, 4) is 0 Å². The van der Waals surface area contributed by atoms with Gasteiger partial charge in [0.15, 0.2) is 0 Å². The van der Waals surface area contributed by atoms with E-state index in [1.54, 1.807) is 6.20 Å². The first-order chi connectivity index (χ1) is 10.7. The highest BCUT2D eigenvalue weighted by molar-refractivity contribution is 14.1. The molecule has 0 saturated heterocycles. The number of halogens is 1. The van der Waals surface area contributed by atoms with Crippen molar-refractivity contribution in [2.45, 2.75) is 17.8 Å². The number of pyridine rings is 1. The summed E-state index contributed by atoms with van der Waals surface area (Å²) in [7, 11) is 0. The number of aromatic nitrogens is 3. The molecule has 2 atom stereocenters. The van der Waals surface area contributed by atoms with E-state index in [-0.39, 0.29) is 11.8 Å². The Morgan fingerprint density at radius 3 is 3.14 bits per heavy atom. The first-order valence-corrected chi connectivity index (χ1v) is 8.18. The van der Waals surface area contributed by atoms with Crippen molar-refractivity contribution < 1.29 is 4.79 Å². The Bertz CT molecular complexity index is 950. The molecule has 1 aliphatic heterocycles. The lowest BCUT2D eigenvalue weighted by Gasteiger charge is -2.08. The number of nitrogens with one attached hydrogen (secondary N) is 2. The molecule has 1 aliphatic carbocycles. The minimum Gasteiger partial charge on any atom is -0.310 e. The van der Waals surface area contributed by atoms with Crippen LogP contribution in [0.2, 0.25) is 0 Å². The number of benzene rings is 1. The Kier molecular flexibility index (Phi) is 2.32. The molecule has 3 heterocycles. The number of fused-ring (bicyclic) bond motifs is 3. The van der Waals surface area contributed by atoms with Gasteiger partial charge in [-0.1, -0.05) is 12.1 Å². The second kappa shape index (κ2) is 4.07. The molecule has 1 spiro atoms. The number of hydrogen-bond donors (Lipinski definition) is 2. The summed E-state index contributed by atoms with van der Waals surface area (Å²) < 4.78 is 0.970. The molecule has 6 heteroatoms. The summed E-state index contributed by atoms with van der Waals surface area (Å²) in [4.78, 5) is 16.8. The Balaban J connectivity index is 1.62. The van der Waals surface area contributed by atoms with Crippen LogP contribution in [0.25, 0.3) is 10.9 Å². The van der Waals surface area contributed by atoms with Crippen LogP contribution in [0.3, 0.4) is 0 Å². The maximum absolute atomic E-state index is 12.5. The summed E-state index contributed by atoms with van der Waals surface area (Å²) in [6.07, 6.45) is 2.56. The number of H-pyrrole nitrogens is 1. The number of nitrogens with zero attached hydrogens (tertiary/aromatic N) is 2. The van der Waals surface area contributed by atoms with Crippen molar-refractivity contribution >= 4 is 45.2 Å². The maximum Gasteiger partial charge on any atom is 0.236 e. The molecule has 1 saturated carbocycles. The molecular formula is C16H11IN4O. The van der Waals surface area contributed by atoms with E-state index >= 15 is 0 Å². The van der Waals surface area contributed by atoms with Gasteiger partial charge in [-0.2, -0.15) is 5.10 Å². The fraction of sp³-hybridized carbons (Fsp3) is 0.188. The molecule has 1 aromatic carbocycles. The molecule has 5 rings (SSSR count). The Morgan fingerprint density at radius 2 is 2.23 bits per heavy atom. The topological polar surface area (TPSA) is 70.7 Å². The predicted octanol–water partition coefficient (Wildman–Crippen LogP) is 2.94. The van der Waals surface area contributed by atoms with Crippen LogP contribution in [-0.2, 0) is 10.2 Å². The minimum absolute atomic E-state index is 0.0745. The zero-order valence-electron chi connectivity index (χ0n) is 11.4. The fourth-order valence-electron chi connectivity index (χ4n) is 3.64. The number of amides is 1. The molecule has 2 N–H and O–H groups in total. The lowest BCUT2D eigenvalue weighted by atomic mass is 9.93. The lowest BCUT2D eigenvalue weighted by molar-refractivity contribution is -0.118. The van der Waals surface area contributed by atoms with Crippen molar-refractivity contribution in [2.24, 2.45) is 0 Å². The predicted molar refractivity (Wildman–Crippen MR) is 90.7 cm³/mol. The van der Waals surface area contributed by atoms with Crippen LogP contribution in [-0.4, -0.2) is 21.1 Å². The summed E-state index contributed by atoms with van der Waals surface area (Å²) in [5.41, 5.74) is 2.81. The van der Waals surface area contributed by atoms with Crippen LogP contribution in [0.15, 0.2) is 36.5 Å². The number of hydrogen-bond acceptors (Lipinski definition) is 3. The molecular weight excluding hydrogens is 391 g/mol. The van der Waals surface area contributed by atoms with Crippen LogP contribution in [0.1, 0.15) is 23.5 Å². The van der Waals surface area contributed by atoms with Crippen molar-refractivity contribution in [2.75, 3.05) is 5.32 Å². The summed E-state index contributed by atoms with van der Waals surface area (Å²) in [5.74, 6) is 1.00. The molecule has 1 unspecified atom stereocenters. The summed E-state index contributed by atoms with van der Waals surface area (Å²) in [6, 6.07) is 10.2. The largest absolute Gasteiger partial charge is 0.310 e. The third kappa shape index (κ3) is 1.45. The third-order valence-corrected chi connectivity index (χ3v) is 5.65. The number of carbonyl (C=O) groups is 1. The molecule has 5 nitrogen and oxygen atoms in total. The lowest BCUT2D eigenvalue weighted by Crippen LogP contribution is -2.20. The second-order valence-electron chi connectivity index (χ2n) is 5.90. The molecule has 22 heavy (non-hydrogen) atoms. The normalized spacial score (nSPS) is 25.5. The Hall–Kier alpha value is -1.96. The van der Waals surface area contributed by atoms with Crippen molar-refractivity contribution in [3.63, 3.8) is 0 Å². The van der Waals surface area contributed by atoms with E-state index in [2.05, 4.69) is 61.3 Å². The number of carbonyl (C=O) groups excluding carboxylic acids is 1. The number of anilines is 1. The van der Waals surface area contributed by atoms with E-state index in [1.807, 2.05) is 12.1 Å². The van der Waals surface area contributed by atoms with Crippen LogP contribution in [0.5, 0.6) is 0 Å². The van der Waals surface area contributed by atoms with Gasteiger partial charge in [0.1, 0.15) is 9.52 Å². The van der Waals surface area contributed by atoms with E-state index in [1.165, 1.54) is 5.56 Å². The standard InChI is InChI=1S/C16H11IN4O/c17-13-9-4-3-8(6-12(9)20-21-13)11-7-16(11)10-2-1-5-18-14(10)19-15(16)22/h1-6,11H,7H2,(H,20,21)(H,18,19,22)/t11?,16-/m0/s1. The van der Waals surface area contributed by atoms with Gasteiger partial charge in [-0.05, 0) is 52.8 Å². The third-order valence-electron chi connectivity index (χ3n) is 4.83. The van der Waals surface area contributed by atoms with Gasteiger partial charge in [-0.15, -0.1) is 0 Å². The molecule has 1 fully saturated rings. The first-order valence-electron chi connectivity index (χ1n) is 7.10. The van der Waals surface area contributed by atoms with Gasteiger partial charge >= 0.3 is 0 Å². The van der Waals surface area contributed by atoms with Gasteiger partial charge in [-0.3, -0.25) is 9.89 Å². The van der Waals surface area contributed by atoms with Gasteiger partial charge < -0.3 is 5.32 Å². The van der Waals surface area contributed by atoms with E-state index in [4.69, 9.17) is 0 Å².